The number of carboxylic acids is 1. The molecular formula is C38H76O20. The summed E-state index contributed by atoms with van der Waals surface area (Å²) in [7, 11) is 1.64. The van der Waals surface area contributed by atoms with Crippen LogP contribution in [0.4, 0.5) is 0 Å². The molecule has 0 aromatic rings. The molecule has 0 unspecified atom stereocenters. The van der Waals surface area contributed by atoms with E-state index in [1.54, 1.807) is 7.11 Å². The molecule has 0 aromatic carbocycles. The number of aliphatic carboxylic acids is 1. The predicted molar refractivity (Wildman–Crippen MR) is 208 cm³/mol. The summed E-state index contributed by atoms with van der Waals surface area (Å²) in [6.45, 7) is 16.9. The fraction of sp³-hybridized carbons (Fsp3) is 0.974. The van der Waals surface area contributed by atoms with Gasteiger partial charge in [-0.2, -0.15) is 0 Å². The SMILES string of the molecule is COCCOCCOCCOCCOCCOCCOCCOCCOCCOCCOCCOCCOCCOCCOCCOCCOCCOCCC(=O)O. The Kier molecular flexibility index (Phi) is 52.6. The third-order valence-corrected chi connectivity index (χ3v) is 6.84. The van der Waals surface area contributed by atoms with Crippen molar-refractivity contribution in [3.05, 3.63) is 0 Å². The number of rotatable bonds is 54. The summed E-state index contributed by atoms with van der Waals surface area (Å²) in [4.78, 5) is 10.4. The highest BCUT2D eigenvalue weighted by atomic mass is 16.6. The average Bonchev–Trinajstić information content (AvgIpc) is 3.22. The van der Waals surface area contributed by atoms with Gasteiger partial charge in [0.05, 0.1) is 238 Å². The highest BCUT2D eigenvalue weighted by molar-refractivity contribution is 5.66. The molecule has 0 saturated heterocycles. The minimum absolute atomic E-state index is 0.00647. The Bertz CT molecular complexity index is 759. The molecule has 0 heterocycles. The van der Waals surface area contributed by atoms with Gasteiger partial charge in [0, 0.05) is 7.11 Å². The van der Waals surface area contributed by atoms with Crippen molar-refractivity contribution in [2.24, 2.45) is 0 Å². The topological polar surface area (TPSA) is 203 Å². The number of carboxylic acid groups (broad SMARTS) is 1. The molecule has 0 aliphatic rings. The number of ether oxygens (including phenoxy) is 18. The van der Waals surface area contributed by atoms with Gasteiger partial charge in [0.15, 0.2) is 0 Å². The zero-order chi connectivity index (χ0) is 41.8. The first-order valence-electron chi connectivity index (χ1n) is 20.3. The Labute approximate surface area is 345 Å². The maximum absolute atomic E-state index is 10.4. The molecule has 0 atom stereocenters. The number of carbonyl (C=O) groups is 1. The minimum atomic E-state index is -0.877. The van der Waals surface area contributed by atoms with Crippen LogP contribution in [0.5, 0.6) is 0 Å². The molecular weight excluding hydrogens is 776 g/mol. The molecule has 0 aromatic heterocycles. The van der Waals surface area contributed by atoms with Crippen molar-refractivity contribution >= 4 is 5.97 Å². The molecule has 0 aliphatic heterocycles. The van der Waals surface area contributed by atoms with Gasteiger partial charge in [0.2, 0.25) is 0 Å². The fourth-order valence-electron chi connectivity index (χ4n) is 3.92. The van der Waals surface area contributed by atoms with Gasteiger partial charge in [0.25, 0.3) is 0 Å². The fourth-order valence-corrected chi connectivity index (χ4v) is 3.92. The van der Waals surface area contributed by atoms with Crippen LogP contribution in [0.3, 0.4) is 0 Å². The van der Waals surface area contributed by atoms with Gasteiger partial charge in [-0.05, 0) is 0 Å². The van der Waals surface area contributed by atoms with Crippen molar-refractivity contribution < 1.29 is 95.2 Å². The molecule has 58 heavy (non-hydrogen) atoms. The summed E-state index contributed by atoms with van der Waals surface area (Å²) >= 11 is 0. The van der Waals surface area contributed by atoms with Crippen LogP contribution in [0.25, 0.3) is 0 Å². The summed E-state index contributed by atoms with van der Waals surface area (Å²) in [6, 6.07) is 0. The average molecular weight is 853 g/mol. The van der Waals surface area contributed by atoms with Crippen molar-refractivity contribution in [3.8, 4) is 0 Å². The van der Waals surface area contributed by atoms with Crippen molar-refractivity contribution in [2.45, 2.75) is 6.42 Å². The van der Waals surface area contributed by atoms with Gasteiger partial charge in [0.1, 0.15) is 0 Å². The second-order valence-corrected chi connectivity index (χ2v) is 11.5. The third-order valence-electron chi connectivity index (χ3n) is 6.84. The Hall–Kier alpha value is -1.25. The normalized spacial score (nSPS) is 11.6. The monoisotopic (exact) mass is 852 g/mol. The number of methoxy groups -OCH3 is 1. The molecule has 348 valence electrons. The Morgan fingerprint density at radius 2 is 0.362 bits per heavy atom. The van der Waals surface area contributed by atoms with Crippen LogP contribution < -0.4 is 0 Å². The van der Waals surface area contributed by atoms with E-state index in [2.05, 4.69) is 0 Å². The molecule has 0 aliphatic carbocycles. The van der Waals surface area contributed by atoms with Gasteiger partial charge in [-0.15, -0.1) is 0 Å². The molecule has 20 heteroatoms. The van der Waals surface area contributed by atoms with Crippen LogP contribution in [0.2, 0.25) is 0 Å². The van der Waals surface area contributed by atoms with E-state index in [0.29, 0.717) is 225 Å². The Morgan fingerprint density at radius 1 is 0.241 bits per heavy atom. The molecule has 0 saturated carbocycles. The second kappa shape index (κ2) is 53.8. The summed E-state index contributed by atoms with van der Waals surface area (Å²) in [5, 5.41) is 8.50. The van der Waals surface area contributed by atoms with Gasteiger partial charge in [-0.25, -0.2) is 0 Å². The molecule has 1 N–H and O–H groups in total. The lowest BCUT2D eigenvalue weighted by molar-refractivity contribution is -0.138. The maximum Gasteiger partial charge on any atom is 0.305 e. The summed E-state index contributed by atoms with van der Waals surface area (Å²) < 4.78 is 97.2. The van der Waals surface area contributed by atoms with Crippen LogP contribution in [0.1, 0.15) is 6.42 Å². The quantitative estimate of drug-likeness (QED) is 0.0823. The molecule has 20 nitrogen and oxygen atoms in total. The van der Waals surface area contributed by atoms with Crippen molar-refractivity contribution in [2.75, 3.05) is 238 Å². The molecule has 0 amide bonds. The summed E-state index contributed by atoms with van der Waals surface area (Å²) in [5.74, 6) is -0.877. The summed E-state index contributed by atoms with van der Waals surface area (Å²) in [5.41, 5.74) is 0. The first-order valence-corrected chi connectivity index (χ1v) is 20.3. The lowest BCUT2D eigenvalue weighted by Gasteiger charge is -2.09. The zero-order valence-electron chi connectivity index (χ0n) is 35.2. The third kappa shape index (κ3) is 54.8. The molecule has 0 radical (unpaired) electrons. The van der Waals surface area contributed by atoms with E-state index in [-0.39, 0.29) is 13.0 Å². The first-order chi connectivity index (χ1) is 28.8. The van der Waals surface area contributed by atoms with Gasteiger partial charge in [-0.3, -0.25) is 4.79 Å². The van der Waals surface area contributed by atoms with Crippen LogP contribution in [0.15, 0.2) is 0 Å². The zero-order valence-corrected chi connectivity index (χ0v) is 35.2. The molecule has 0 fully saturated rings. The molecule has 0 bridgehead atoms. The Balaban J connectivity index is 3.06. The molecule has 0 rings (SSSR count). The van der Waals surface area contributed by atoms with Crippen molar-refractivity contribution in [3.63, 3.8) is 0 Å². The van der Waals surface area contributed by atoms with E-state index in [1.165, 1.54) is 0 Å². The van der Waals surface area contributed by atoms with Gasteiger partial charge < -0.3 is 90.4 Å². The van der Waals surface area contributed by atoms with E-state index in [4.69, 9.17) is 90.4 Å². The van der Waals surface area contributed by atoms with Crippen molar-refractivity contribution in [1.29, 1.82) is 0 Å². The van der Waals surface area contributed by atoms with Crippen molar-refractivity contribution in [1.82, 2.24) is 0 Å². The van der Waals surface area contributed by atoms with Gasteiger partial charge >= 0.3 is 5.97 Å². The van der Waals surface area contributed by atoms with E-state index >= 15 is 0 Å². The highest BCUT2D eigenvalue weighted by Crippen LogP contribution is 1.89. The largest absolute Gasteiger partial charge is 0.481 e. The number of hydrogen-bond acceptors (Lipinski definition) is 19. The predicted octanol–water partition coefficient (Wildman–Crippen LogP) is 0.390. The first kappa shape index (κ1) is 56.8. The second-order valence-electron chi connectivity index (χ2n) is 11.5. The van der Waals surface area contributed by atoms with Gasteiger partial charge in [-0.1, -0.05) is 0 Å². The van der Waals surface area contributed by atoms with Crippen LogP contribution in [0, 0.1) is 0 Å². The van der Waals surface area contributed by atoms with Crippen LogP contribution in [-0.4, -0.2) is 249 Å². The highest BCUT2D eigenvalue weighted by Gasteiger charge is 1.99. The number of hydrogen-bond donors (Lipinski definition) is 1. The smallest absolute Gasteiger partial charge is 0.305 e. The van der Waals surface area contributed by atoms with E-state index in [1.807, 2.05) is 0 Å². The standard InChI is InChI=1S/C38H76O20/c1-41-4-5-43-8-9-45-12-13-47-16-17-49-20-21-51-24-25-53-28-29-55-32-33-57-36-37-58-35-34-56-31-30-54-27-26-52-23-22-50-19-18-48-15-14-46-11-10-44-7-6-42-3-2-38(39)40/h2-37H2,1H3,(H,39,40). The van der Waals surface area contributed by atoms with E-state index < -0.39 is 5.97 Å². The van der Waals surface area contributed by atoms with E-state index in [9.17, 15) is 4.79 Å². The van der Waals surface area contributed by atoms with Crippen LogP contribution >= 0.6 is 0 Å². The minimum Gasteiger partial charge on any atom is -0.481 e. The molecule has 0 spiro atoms. The summed E-state index contributed by atoms with van der Waals surface area (Å²) in [6.07, 6.45) is -0.00647. The van der Waals surface area contributed by atoms with E-state index in [0.717, 1.165) is 0 Å². The Morgan fingerprint density at radius 3 is 0.483 bits per heavy atom. The lowest BCUT2D eigenvalue weighted by atomic mass is 10.5. The maximum atomic E-state index is 10.4. The van der Waals surface area contributed by atoms with Crippen LogP contribution in [-0.2, 0) is 90.1 Å². The lowest BCUT2D eigenvalue weighted by Crippen LogP contribution is -2.16.